The molecule has 0 saturated heterocycles. The predicted octanol–water partition coefficient (Wildman–Crippen LogP) is 3.63. The van der Waals surface area contributed by atoms with E-state index in [1.54, 1.807) is 24.6 Å². The largest absolute Gasteiger partial charge is 0.264 e. The van der Waals surface area contributed by atoms with E-state index < -0.39 is 10.0 Å². The summed E-state index contributed by atoms with van der Waals surface area (Å²) in [7, 11) is -3.80. The molecule has 0 amide bonds. The normalized spacial score (nSPS) is 11.7. The molecule has 2 rings (SSSR count). The number of anilines is 1. The van der Waals surface area contributed by atoms with Gasteiger partial charge in [-0.3, -0.25) is 4.72 Å². The third-order valence-electron chi connectivity index (χ3n) is 2.94. The van der Waals surface area contributed by atoms with Crippen LogP contribution in [0.1, 0.15) is 18.2 Å². The van der Waals surface area contributed by atoms with Crippen molar-refractivity contribution in [3.8, 4) is 0 Å². The second-order valence-electron chi connectivity index (χ2n) is 4.62. The van der Waals surface area contributed by atoms with Crippen LogP contribution in [0.2, 0.25) is 10.0 Å². The molecule has 0 atom stereocenters. The maximum atomic E-state index is 12.5. The van der Waals surface area contributed by atoms with Gasteiger partial charge in [-0.1, -0.05) is 23.2 Å². The molecule has 1 N–H and O–H groups in total. The predicted molar refractivity (Wildman–Crippen MR) is 84.6 cm³/mol. The summed E-state index contributed by atoms with van der Waals surface area (Å²) in [6.07, 6.45) is 0. The molecule has 0 aliphatic carbocycles. The lowest BCUT2D eigenvalue weighted by atomic mass is 10.2. The van der Waals surface area contributed by atoms with Gasteiger partial charge in [0.25, 0.3) is 10.0 Å². The van der Waals surface area contributed by atoms with E-state index in [0.29, 0.717) is 22.9 Å². The summed E-state index contributed by atoms with van der Waals surface area (Å²) in [6.45, 7) is 5.95. The second kappa shape index (κ2) is 5.87. The Bertz CT molecular complexity index is 785. The highest BCUT2D eigenvalue weighted by molar-refractivity contribution is 7.92. The van der Waals surface area contributed by atoms with Gasteiger partial charge in [-0.2, -0.15) is 5.10 Å². The molecule has 1 aromatic heterocycles. The molecule has 8 heteroatoms. The minimum atomic E-state index is -3.80. The van der Waals surface area contributed by atoms with Crippen LogP contribution in [0.3, 0.4) is 0 Å². The summed E-state index contributed by atoms with van der Waals surface area (Å²) in [4.78, 5) is -0.00688. The Morgan fingerprint density at radius 1 is 1.19 bits per heavy atom. The van der Waals surface area contributed by atoms with Crippen LogP contribution < -0.4 is 4.72 Å². The average molecular weight is 348 g/mol. The minimum Gasteiger partial charge on any atom is -0.264 e. The van der Waals surface area contributed by atoms with Crippen molar-refractivity contribution in [3.05, 3.63) is 39.5 Å². The van der Waals surface area contributed by atoms with Gasteiger partial charge in [-0.15, -0.1) is 0 Å². The lowest BCUT2D eigenvalue weighted by molar-refractivity contribution is 0.599. The first-order chi connectivity index (χ1) is 9.74. The van der Waals surface area contributed by atoms with Crippen LogP contribution in [0.4, 0.5) is 5.82 Å². The molecule has 0 radical (unpaired) electrons. The fraction of sp³-hybridized carbons (Fsp3) is 0.308. The van der Waals surface area contributed by atoms with E-state index in [0.717, 1.165) is 5.69 Å². The van der Waals surface area contributed by atoms with Crippen LogP contribution in [0.5, 0.6) is 0 Å². The van der Waals surface area contributed by atoms with Crippen LogP contribution in [-0.4, -0.2) is 18.2 Å². The second-order valence-corrected chi connectivity index (χ2v) is 7.09. The molecule has 0 aliphatic heterocycles. The molecule has 0 saturated carbocycles. The highest BCUT2D eigenvalue weighted by Crippen LogP contribution is 2.29. The molecular formula is C13H15Cl2N3O2S. The van der Waals surface area contributed by atoms with Gasteiger partial charge in [0.1, 0.15) is 10.7 Å². The number of hydrogen-bond acceptors (Lipinski definition) is 3. The number of nitrogens with zero attached hydrogens (tertiary/aromatic N) is 2. The summed E-state index contributed by atoms with van der Waals surface area (Å²) < 4.78 is 29.0. The highest BCUT2D eigenvalue weighted by Gasteiger charge is 2.21. The van der Waals surface area contributed by atoms with E-state index in [2.05, 4.69) is 9.82 Å². The Hall–Kier alpha value is -1.24. The topological polar surface area (TPSA) is 64.0 Å². The molecule has 21 heavy (non-hydrogen) atoms. The van der Waals surface area contributed by atoms with Crippen LogP contribution >= 0.6 is 23.2 Å². The van der Waals surface area contributed by atoms with Gasteiger partial charge >= 0.3 is 0 Å². The standard InChI is InChI=1S/C13H15Cl2N3O2S/c1-4-18-13(6-9(3)16-18)17-21(19,20)12-5-8(2)10(14)7-11(12)15/h5-7,17H,4H2,1-3H3. The first-order valence-corrected chi connectivity index (χ1v) is 8.51. The van der Waals surface area contributed by atoms with Crippen molar-refractivity contribution in [3.63, 3.8) is 0 Å². The molecule has 0 unspecified atom stereocenters. The Labute approximate surface area is 133 Å². The zero-order chi connectivity index (χ0) is 15.8. The molecule has 0 bridgehead atoms. The van der Waals surface area contributed by atoms with Crippen molar-refractivity contribution in [1.82, 2.24) is 9.78 Å². The van der Waals surface area contributed by atoms with E-state index in [4.69, 9.17) is 23.2 Å². The Morgan fingerprint density at radius 3 is 2.48 bits per heavy atom. The number of nitrogens with one attached hydrogen (secondary N) is 1. The lowest BCUT2D eigenvalue weighted by Crippen LogP contribution is -2.16. The summed E-state index contributed by atoms with van der Waals surface area (Å²) in [5, 5.41) is 4.70. The molecule has 0 fully saturated rings. The number of hydrogen-bond donors (Lipinski definition) is 1. The number of halogens is 2. The SMILES string of the molecule is CCn1nc(C)cc1NS(=O)(=O)c1cc(C)c(Cl)cc1Cl. The Kier molecular flexibility index (Phi) is 4.51. The molecule has 2 aromatic rings. The lowest BCUT2D eigenvalue weighted by Gasteiger charge is -2.11. The molecule has 1 heterocycles. The van der Waals surface area contributed by atoms with Crippen molar-refractivity contribution < 1.29 is 8.42 Å². The number of sulfonamides is 1. The molecule has 1 aromatic carbocycles. The van der Waals surface area contributed by atoms with Crippen molar-refractivity contribution in [2.75, 3.05) is 4.72 Å². The first kappa shape index (κ1) is 16.1. The summed E-state index contributed by atoms with van der Waals surface area (Å²) in [5.74, 6) is 0.402. The number of benzene rings is 1. The Balaban J connectivity index is 2.45. The molecule has 0 spiro atoms. The molecular weight excluding hydrogens is 333 g/mol. The van der Waals surface area contributed by atoms with E-state index in [1.165, 1.54) is 12.1 Å². The molecule has 114 valence electrons. The van der Waals surface area contributed by atoms with Gasteiger partial charge in [0.2, 0.25) is 0 Å². The third kappa shape index (κ3) is 3.33. The van der Waals surface area contributed by atoms with Gasteiger partial charge in [0.15, 0.2) is 0 Å². The van der Waals surface area contributed by atoms with Gasteiger partial charge in [-0.05, 0) is 38.5 Å². The van der Waals surface area contributed by atoms with E-state index >= 15 is 0 Å². The zero-order valence-electron chi connectivity index (χ0n) is 11.8. The first-order valence-electron chi connectivity index (χ1n) is 6.27. The monoisotopic (exact) mass is 347 g/mol. The number of aryl methyl sites for hydroxylation is 3. The van der Waals surface area contributed by atoms with E-state index in [1.807, 2.05) is 6.92 Å². The highest BCUT2D eigenvalue weighted by atomic mass is 35.5. The average Bonchev–Trinajstić information content (AvgIpc) is 2.72. The summed E-state index contributed by atoms with van der Waals surface area (Å²) >= 11 is 11.9. The van der Waals surface area contributed by atoms with E-state index in [-0.39, 0.29) is 9.92 Å². The minimum absolute atomic E-state index is 0.00688. The summed E-state index contributed by atoms with van der Waals surface area (Å²) in [5.41, 5.74) is 1.37. The fourth-order valence-electron chi connectivity index (χ4n) is 1.90. The quantitative estimate of drug-likeness (QED) is 0.918. The molecule has 5 nitrogen and oxygen atoms in total. The van der Waals surface area contributed by atoms with Gasteiger partial charge < -0.3 is 0 Å². The van der Waals surface area contributed by atoms with Crippen LogP contribution in [0, 0.1) is 13.8 Å². The van der Waals surface area contributed by atoms with Crippen molar-refractivity contribution in [2.45, 2.75) is 32.2 Å². The third-order valence-corrected chi connectivity index (χ3v) is 5.17. The van der Waals surface area contributed by atoms with Gasteiger partial charge in [0.05, 0.1) is 10.7 Å². The van der Waals surface area contributed by atoms with Gasteiger partial charge in [-0.25, -0.2) is 13.1 Å². The molecule has 0 aliphatic rings. The van der Waals surface area contributed by atoms with Crippen LogP contribution in [-0.2, 0) is 16.6 Å². The summed E-state index contributed by atoms with van der Waals surface area (Å²) in [6, 6.07) is 4.54. The Morgan fingerprint density at radius 2 is 1.86 bits per heavy atom. The van der Waals surface area contributed by atoms with Crippen molar-refractivity contribution >= 4 is 39.0 Å². The number of aromatic nitrogens is 2. The van der Waals surface area contributed by atoms with Crippen LogP contribution in [0.25, 0.3) is 0 Å². The maximum Gasteiger partial charge on any atom is 0.264 e. The number of rotatable bonds is 4. The zero-order valence-corrected chi connectivity index (χ0v) is 14.1. The van der Waals surface area contributed by atoms with Crippen molar-refractivity contribution in [1.29, 1.82) is 0 Å². The van der Waals surface area contributed by atoms with Crippen molar-refractivity contribution in [2.24, 2.45) is 0 Å². The maximum absolute atomic E-state index is 12.5. The fourth-order valence-corrected chi connectivity index (χ4v) is 3.78. The van der Waals surface area contributed by atoms with Gasteiger partial charge in [0, 0.05) is 17.6 Å². The van der Waals surface area contributed by atoms with Crippen LogP contribution in [0.15, 0.2) is 23.1 Å². The smallest absolute Gasteiger partial charge is 0.264 e. The van der Waals surface area contributed by atoms with E-state index in [9.17, 15) is 8.42 Å².